The molecule has 0 aliphatic carbocycles. The first-order valence-electron chi connectivity index (χ1n) is 4.53. The quantitative estimate of drug-likeness (QED) is 0.778. The average molecular weight is 200 g/mol. The molecule has 0 saturated carbocycles. The van der Waals surface area contributed by atoms with Crippen molar-refractivity contribution in [1.29, 1.82) is 0 Å². The fraction of sp³-hybridized carbons (Fsp3) is 0.455. The normalized spacial score (nSPS) is 15.6. The minimum atomic E-state index is -1.13. The van der Waals surface area contributed by atoms with Gasteiger partial charge in [0.25, 0.3) is 0 Å². The maximum Gasteiger partial charge on any atom is 0.159 e. The van der Waals surface area contributed by atoms with Crippen molar-refractivity contribution in [1.82, 2.24) is 0 Å². The van der Waals surface area contributed by atoms with Gasteiger partial charge in [-0.25, -0.2) is 8.78 Å². The molecule has 78 valence electrons. The van der Waals surface area contributed by atoms with Crippen LogP contribution in [0, 0.1) is 17.6 Å². The summed E-state index contributed by atoms with van der Waals surface area (Å²) < 4.78 is 25.5. The zero-order valence-corrected chi connectivity index (χ0v) is 8.51. The van der Waals surface area contributed by atoms with E-state index in [1.54, 1.807) is 6.92 Å². The van der Waals surface area contributed by atoms with Crippen molar-refractivity contribution in [2.75, 3.05) is 0 Å². The Morgan fingerprint density at radius 1 is 1.21 bits per heavy atom. The van der Waals surface area contributed by atoms with Gasteiger partial charge in [-0.3, -0.25) is 0 Å². The Morgan fingerprint density at radius 3 is 2.21 bits per heavy atom. The first-order valence-corrected chi connectivity index (χ1v) is 4.53. The molecule has 0 aliphatic heterocycles. The summed E-state index contributed by atoms with van der Waals surface area (Å²) in [5.41, 5.74) is -0.736. The summed E-state index contributed by atoms with van der Waals surface area (Å²) in [6.07, 6.45) is 0. The van der Waals surface area contributed by atoms with Gasteiger partial charge in [-0.1, -0.05) is 19.9 Å². The number of hydrogen-bond acceptors (Lipinski definition) is 1. The van der Waals surface area contributed by atoms with Crippen molar-refractivity contribution in [2.45, 2.75) is 26.4 Å². The van der Waals surface area contributed by atoms with Crippen molar-refractivity contribution >= 4 is 0 Å². The zero-order valence-electron chi connectivity index (χ0n) is 8.51. The molecule has 0 bridgehead atoms. The first kappa shape index (κ1) is 11.1. The van der Waals surface area contributed by atoms with E-state index < -0.39 is 17.2 Å². The van der Waals surface area contributed by atoms with Crippen LogP contribution in [0.2, 0.25) is 0 Å². The van der Waals surface area contributed by atoms with Crippen LogP contribution in [0.1, 0.15) is 26.3 Å². The molecule has 0 spiro atoms. The third-order valence-electron chi connectivity index (χ3n) is 2.63. The summed E-state index contributed by atoms with van der Waals surface area (Å²) in [6, 6.07) is 3.47. The standard InChI is InChI=1S/C11H14F2O/c1-7(2)11(3,14)8-4-5-9(12)10(13)6-8/h4-7,14H,1-3H3/t11-/m0/s1. The predicted molar refractivity (Wildman–Crippen MR) is 50.8 cm³/mol. The molecule has 1 atom stereocenters. The largest absolute Gasteiger partial charge is 0.385 e. The summed E-state index contributed by atoms with van der Waals surface area (Å²) in [5.74, 6) is -1.89. The Hall–Kier alpha value is -0.960. The molecule has 1 nitrogen and oxygen atoms in total. The van der Waals surface area contributed by atoms with E-state index in [-0.39, 0.29) is 5.92 Å². The summed E-state index contributed by atoms with van der Waals surface area (Å²) in [6.45, 7) is 5.23. The highest BCUT2D eigenvalue weighted by atomic mass is 19.2. The van der Waals surface area contributed by atoms with E-state index in [9.17, 15) is 13.9 Å². The Kier molecular flexibility index (Phi) is 2.90. The molecule has 1 aromatic carbocycles. The van der Waals surface area contributed by atoms with Crippen LogP contribution in [-0.2, 0) is 5.60 Å². The smallest absolute Gasteiger partial charge is 0.159 e. The minimum Gasteiger partial charge on any atom is -0.385 e. The monoisotopic (exact) mass is 200 g/mol. The van der Waals surface area contributed by atoms with Gasteiger partial charge < -0.3 is 5.11 Å². The van der Waals surface area contributed by atoms with Crippen LogP contribution in [0.25, 0.3) is 0 Å². The molecule has 0 unspecified atom stereocenters. The predicted octanol–water partition coefficient (Wildman–Crippen LogP) is 2.83. The highest BCUT2D eigenvalue weighted by molar-refractivity contribution is 5.23. The zero-order chi connectivity index (χ0) is 10.9. The van der Waals surface area contributed by atoms with Crippen molar-refractivity contribution < 1.29 is 13.9 Å². The van der Waals surface area contributed by atoms with E-state index in [4.69, 9.17) is 0 Å². The third-order valence-corrected chi connectivity index (χ3v) is 2.63. The van der Waals surface area contributed by atoms with E-state index in [1.165, 1.54) is 6.07 Å². The molecule has 3 heteroatoms. The number of benzene rings is 1. The van der Waals surface area contributed by atoms with Gasteiger partial charge in [0, 0.05) is 0 Å². The highest BCUT2D eigenvalue weighted by Gasteiger charge is 2.27. The summed E-state index contributed by atoms with van der Waals surface area (Å²) in [4.78, 5) is 0. The molecular formula is C11H14F2O. The van der Waals surface area contributed by atoms with Gasteiger partial charge in [0.15, 0.2) is 11.6 Å². The van der Waals surface area contributed by atoms with Crippen molar-refractivity contribution in [3.8, 4) is 0 Å². The van der Waals surface area contributed by atoms with Gasteiger partial charge in [0.05, 0.1) is 5.60 Å². The van der Waals surface area contributed by atoms with Crippen LogP contribution < -0.4 is 0 Å². The molecule has 0 heterocycles. The van der Waals surface area contributed by atoms with Crippen LogP contribution in [0.3, 0.4) is 0 Å². The third kappa shape index (κ3) is 1.93. The molecule has 0 radical (unpaired) electrons. The van der Waals surface area contributed by atoms with Crippen molar-refractivity contribution in [2.24, 2.45) is 5.92 Å². The maximum atomic E-state index is 12.9. The summed E-state index contributed by atoms with van der Waals surface area (Å²) >= 11 is 0. The molecule has 1 aromatic rings. The average Bonchev–Trinajstić information content (AvgIpc) is 2.09. The van der Waals surface area contributed by atoms with E-state index in [1.807, 2.05) is 13.8 Å². The Bertz CT molecular complexity index is 332. The number of halogens is 2. The Balaban J connectivity index is 3.14. The SMILES string of the molecule is CC(C)[C@](C)(O)c1ccc(F)c(F)c1. The Labute approximate surface area is 82.4 Å². The van der Waals surface area contributed by atoms with Crippen LogP contribution in [0.5, 0.6) is 0 Å². The molecule has 1 rings (SSSR count). The van der Waals surface area contributed by atoms with Gasteiger partial charge >= 0.3 is 0 Å². The molecule has 14 heavy (non-hydrogen) atoms. The molecule has 0 aromatic heterocycles. The number of aliphatic hydroxyl groups is 1. The molecular weight excluding hydrogens is 186 g/mol. The van der Waals surface area contributed by atoms with Gasteiger partial charge in [0.2, 0.25) is 0 Å². The topological polar surface area (TPSA) is 20.2 Å². The molecule has 0 saturated heterocycles. The van der Waals surface area contributed by atoms with Crippen LogP contribution in [0.4, 0.5) is 8.78 Å². The lowest BCUT2D eigenvalue weighted by molar-refractivity contribution is 0.00868. The first-order chi connectivity index (χ1) is 6.35. The molecule has 1 N–H and O–H groups in total. The second-order valence-electron chi connectivity index (χ2n) is 3.93. The summed E-state index contributed by atoms with van der Waals surface area (Å²) in [5, 5.41) is 9.99. The Morgan fingerprint density at radius 2 is 1.79 bits per heavy atom. The van der Waals surface area contributed by atoms with Crippen LogP contribution >= 0.6 is 0 Å². The van der Waals surface area contributed by atoms with Gasteiger partial charge in [0.1, 0.15) is 0 Å². The second-order valence-corrected chi connectivity index (χ2v) is 3.93. The molecule has 0 fully saturated rings. The van der Waals surface area contributed by atoms with E-state index in [0.717, 1.165) is 12.1 Å². The van der Waals surface area contributed by atoms with Gasteiger partial charge in [-0.15, -0.1) is 0 Å². The fourth-order valence-electron chi connectivity index (χ4n) is 1.14. The lowest BCUT2D eigenvalue weighted by Gasteiger charge is -2.28. The van der Waals surface area contributed by atoms with Crippen LogP contribution in [-0.4, -0.2) is 5.11 Å². The van der Waals surface area contributed by atoms with E-state index >= 15 is 0 Å². The number of rotatable bonds is 2. The van der Waals surface area contributed by atoms with Gasteiger partial charge in [-0.2, -0.15) is 0 Å². The fourth-order valence-corrected chi connectivity index (χ4v) is 1.14. The molecule has 0 aliphatic rings. The number of hydrogen-bond donors (Lipinski definition) is 1. The maximum absolute atomic E-state index is 12.9. The summed E-state index contributed by atoms with van der Waals surface area (Å²) in [7, 11) is 0. The highest BCUT2D eigenvalue weighted by Crippen LogP contribution is 2.29. The lowest BCUT2D eigenvalue weighted by atomic mass is 9.85. The van der Waals surface area contributed by atoms with E-state index in [2.05, 4.69) is 0 Å². The lowest BCUT2D eigenvalue weighted by Crippen LogP contribution is -2.28. The van der Waals surface area contributed by atoms with Crippen molar-refractivity contribution in [3.63, 3.8) is 0 Å². The van der Waals surface area contributed by atoms with Gasteiger partial charge in [-0.05, 0) is 30.5 Å². The second kappa shape index (κ2) is 3.65. The van der Waals surface area contributed by atoms with Crippen LogP contribution in [0.15, 0.2) is 18.2 Å². The van der Waals surface area contributed by atoms with Crippen molar-refractivity contribution in [3.05, 3.63) is 35.4 Å². The molecule has 0 amide bonds. The van der Waals surface area contributed by atoms with E-state index in [0.29, 0.717) is 5.56 Å². The minimum absolute atomic E-state index is 0.0626.